The lowest BCUT2D eigenvalue weighted by Gasteiger charge is -2.27. The molecule has 94 valence electrons. The number of nitrogens with two attached hydrogens (primary N) is 1. The molecule has 2 heteroatoms. The normalized spacial score (nSPS) is 34.9. The maximum atomic E-state index is 5.96. The molecule has 0 spiro atoms. The molecule has 2 unspecified atom stereocenters. The highest BCUT2D eigenvalue weighted by Crippen LogP contribution is 2.27. The average Bonchev–Trinajstić information content (AvgIpc) is 2.56. The van der Waals surface area contributed by atoms with E-state index in [1.807, 2.05) is 0 Å². The molecular formula is C14H28N2. The van der Waals surface area contributed by atoms with Gasteiger partial charge in [0.2, 0.25) is 0 Å². The molecular weight excluding hydrogens is 196 g/mol. The number of hydrogen-bond donors (Lipinski definition) is 2. The summed E-state index contributed by atoms with van der Waals surface area (Å²) in [4.78, 5) is 0. The Hall–Kier alpha value is -0.0800. The number of rotatable bonds is 3. The first-order valence-corrected chi connectivity index (χ1v) is 7.27. The van der Waals surface area contributed by atoms with Crippen LogP contribution >= 0.6 is 0 Å². The second-order valence-corrected chi connectivity index (χ2v) is 5.98. The molecule has 16 heavy (non-hydrogen) atoms. The second kappa shape index (κ2) is 6.02. The van der Waals surface area contributed by atoms with Crippen molar-refractivity contribution in [2.75, 3.05) is 0 Å². The van der Waals surface area contributed by atoms with E-state index in [-0.39, 0.29) is 0 Å². The summed E-state index contributed by atoms with van der Waals surface area (Å²) in [6, 6.07) is 1.86. The van der Waals surface area contributed by atoms with E-state index >= 15 is 0 Å². The van der Waals surface area contributed by atoms with Crippen LogP contribution in [0.1, 0.15) is 64.7 Å². The van der Waals surface area contributed by atoms with Crippen molar-refractivity contribution in [2.45, 2.75) is 82.8 Å². The molecule has 0 aromatic rings. The molecule has 0 aromatic carbocycles. The van der Waals surface area contributed by atoms with Crippen LogP contribution in [0.15, 0.2) is 0 Å². The molecule has 2 rings (SSSR count). The third-order valence-electron chi connectivity index (χ3n) is 4.58. The van der Waals surface area contributed by atoms with Gasteiger partial charge in [0.25, 0.3) is 0 Å². The standard InChI is InChI=1S/C14H28N2/c1-11(12-6-4-2-3-5-7-12)16-14-9-8-13(15)10-14/h11-14,16H,2-10,15H2,1H3/t11-,13?,14?/m0/s1. The maximum Gasteiger partial charge on any atom is 0.00849 e. The summed E-state index contributed by atoms with van der Waals surface area (Å²) in [6.07, 6.45) is 12.4. The monoisotopic (exact) mass is 224 g/mol. The van der Waals surface area contributed by atoms with E-state index in [1.54, 1.807) is 0 Å². The van der Waals surface area contributed by atoms with Gasteiger partial charge in [-0.05, 0) is 44.9 Å². The van der Waals surface area contributed by atoms with E-state index in [9.17, 15) is 0 Å². The Balaban J connectivity index is 1.75. The van der Waals surface area contributed by atoms with Crippen LogP contribution in [0.2, 0.25) is 0 Å². The van der Waals surface area contributed by atoms with Crippen molar-refractivity contribution in [2.24, 2.45) is 11.7 Å². The molecule has 2 aliphatic carbocycles. The van der Waals surface area contributed by atoms with E-state index in [1.165, 1.54) is 57.8 Å². The summed E-state index contributed by atoms with van der Waals surface area (Å²) in [7, 11) is 0. The van der Waals surface area contributed by atoms with Crippen LogP contribution in [-0.4, -0.2) is 18.1 Å². The third-order valence-corrected chi connectivity index (χ3v) is 4.58. The van der Waals surface area contributed by atoms with Crippen molar-refractivity contribution >= 4 is 0 Å². The number of hydrogen-bond acceptors (Lipinski definition) is 2. The smallest absolute Gasteiger partial charge is 0.00849 e. The van der Waals surface area contributed by atoms with E-state index in [0.717, 1.165) is 5.92 Å². The molecule has 2 saturated carbocycles. The van der Waals surface area contributed by atoms with Crippen molar-refractivity contribution < 1.29 is 0 Å². The van der Waals surface area contributed by atoms with E-state index < -0.39 is 0 Å². The second-order valence-electron chi connectivity index (χ2n) is 5.98. The van der Waals surface area contributed by atoms with E-state index in [4.69, 9.17) is 5.73 Å². The SMILES string of the molecule is C[C@H](NC1CCC(N)C1)C1CCCCCC1. The van der Waals surface area contributed by atoms with Gasteiger partial charge in [0.1, 0.15) is 0 Å². The predicted molar refractivity (Wildman–Crippen MR) is 69.4 cm³/mol. The Bertz CT molecular complexity index is 197. The molecule has 2 nitrogen and oxygen atoms in total. The lowest BCUT2D eigenvalue weighted by Crippen LogP contribution is -2.40. The van der Waals surface area contributed by atoms with Gasteiger partial charge in [-0.1, -0.05) is 25.7 Å². The van der Waals surface area contributed by atoms with Crippen molar-refractivity contribution in [1.82, 2.24) is 5.32 Å². The molecule has 0 saturated heterocycles. The zero-order valence-electron chi connectivity index (χ0n) is 10.8. The first-order chi connectivity index (χ1) is 7.75. The third kappa shape index (κ3) is 3.46. The summed E-state index contributed by atoms with van der Waals surface area (Å²) < 4.78 is 0. The molecule has 0 radical (unpaired) electrons. The topological polar surface area (TPSA) is 38.0 Å². The van der Waals surface area contributed by atoms with E-state index in [2.05, 4.69) is 12.2 Å². The summed E-state index contributed by atoms with van der Waals surface area (Å²) in [5, 5.41) is 3.83. The minimum atomic E-state index is 0.457. The molecule has 0 aromatic heterocycles. The van der Waals surface area contributed by atoms with Gasteiger partial charge in [-0.2, -0.15) is 0 Å². The molecule has 0 amide bonds. The molecule has 3 N–H and O–H groups in total. The quantitative estimate of drug-likeness (QED) is 0.723. The Morgan fingerprint density at radius 1 is 1.00 bits per heavy atom. The van der Waals surface area contributed by atoms with Crippen molar-refractivity contribution in [3.05, 3.63) is 0 Å². The summed E-state index contributed by atoms with van der Waals surface area (Å²) in [5.41, 5.74) is 5.96. The molecule has 2 fully saturated rings. The van der Waals surface area contributed by atoms with Crippen molar-refractivity contribution in [3.63, 3.8) is 0 Å². The van der Waals surface area contributed by atoms with Crippen LogP contribution in [0.25, 0.3) is 0 Å². The van der Waals surface area contributed by atoms with Gasteiger partial charge in [0.05, 0.1) is 0 Å². The highest BCUT2D eigenvalue weighted by molar-refractivity contribution is 4.86. The average molecular weight is 224 g/mol. The lowest BCUT2D eigenvalue weighted by atomic mass is 9.92. The van der Waals surface area contributed by atoms with Crippen LogP contribution < -0.4 is 11.1 Å². The van der Waals surface area contributed by atoms with Gasteiger partial charge < -0.3 is 11.1 Å². The zero-order chi connectivity index (χ0) is 11.4. The van der Waals surface area contributed by atoms with Crippen LogP contribution in [-0.2, 0) is 0 Å². The Labute approximate surface area is 100 Å². The first-order valence-electron chi connectivity index (χ1n) is 7.27. The molecule has 2 aliphatic rings. The van der Waals surface area contributed by atoms with Crippen LogP contribution in [0.3, 0.4) is 0 Å². The minimum Gasteiger partial charge on any atom is -0.328 e. The van der Waals surface area contributed by atoms with E-state index in [0.29, 0.717) is 18.1 Å². The first kappa shape index (κ1) is 12.4. The fourth-order valence-corrected chi connectivity index (χ4v) is 3.49. The summed E-state index contributed by atoms with van der Waals surface area (Å²) in [6.45, 7) is 2.39. The van der Waals surface area contributed by atoms with Crippen LogP contribution in [0.5, 0.6) is 0 Å². The Morgan fingerprint density at radius 3 is 2.25 bits per heavy atom. The molecule has 0 aliphatic heterocycles. The van der Waals surface area contributed by atoms with Crippen molar-refractivity contribution in [3.8, 4) is 0 Å². The zero-order valence-corrected chi connectivity index (χ0v) is 10.8. The lowest BCUT2D eigenvalue weighted by molar-refractivity contribution is 0.308. The fraction of sp³-hybridized carbons (Fsp3) is 1.00. The molecule has 0 heterocycles. The van der Waals surface area contributed by atoms with Gasteiger partial charge >= 0.3 is 0 Å². The Morgan fingerprint density at radius 2 is 1.69 bits per heavy atom. The van der Waals surface area contributed by atoms with Gasteiger partial charge in [0.15, 0.2) is 0 Å². The predicted octanol–water partition coefficient (Wildman–Crippen LogP) is 2.81. The van der Waals surface area contributed by atoms with Gasteiger partial charge in [0, 0.05) is 18.1 Å². The van der Waals surface area contributed by atoms with Crippen molar-refractivity contribution in [1.29, 1.82) is 0 Å². The summed E-state index contributed by atoms with van der Waals surface area (Å²) >= 11 is 0. The van der Waals surface area contributed by atoms with Crippen LogP contribution in [0, 0.1) is 5.92 Å². The minimum absolute atomic E-state index is 0.457. The van der Waals surface area contributed by atoms with Gasteiger partial charge in [-0.15, -0.1) is 0 Å². The summed E-state index contributed by atoms with van der Waals surface area (Å²) in [5.74, 6) is 0.916. The highest BCUT2D eigenvalue weighted by atomic mass is 15.0. The highest BCUT2D eigenvalue weighted by Gasteiger charge is 2.26. The molecule has 0 bridgehead atoms. The number of nitrogens with one attached hydrogen (secondary N) is 1. The molecule has 3 atom stereocenters. The van der Waals surface area contributed by atoms with Crippen LogP contribution in [0.4, 0.5) is 0 Å². The van der Waals surface area contributed by atoms with Gasteiger partial charge in [-0.3, -0.25) is 0 Å². The Kier molecular flexibility index (Phi) is 4.66. The fourth-order valence-electron chi connectivity index (χ4n) is 3.49. The maximum absolute atomic E-state index is 5.96. The largest absolute Gasteiger partial charge is 0.328 e. The van der Waals surface area contributed by atoms with Gasteiger partial charge in [-0.25, -0.2) is 0 Å².